The third-order valence-corrected chi connectivity index (χ3v) is 3.84. The fourth-order valence-electron chi connectivity index (χ4n) is 2.82. The molecule has 0 heterocycles. The lowest BCUT2D eigenvalue weighted by molar-refractivity contribution is 0.383. The van der Waals surface area contributed by atoms with E-state index in [0.717, 1.165) is 12.3 Å². The van der Waals surface area contributed by atoms with E-state index in [-0.39, 0.29) is 12.4 Å². The average Bonchev–Trinajstić information content (AvgIpc) is 2.46. The standard InChI is InChI=1S/C17H25NO.ClH/c1-18(2)13-17(14-7-5-4-6-8-14)15-9-11-16(19-3)12-10-15;/h7,9-12,17H,4-6,8,13H2,1-3H3;1H. The summed E-state index contributed by atoms with van der Waals surface area (Å²) in [6, 6.07) is 8.56. The number of hydrogen-bond donors (Lipinski definition) is 0. The highest BCUT2D eigenvalue weighted by atomic mass is 35.5. The van der Waals surface area contributed by atoms with Crippen LogP contribution in [0.25, 0.3) is 0 Å². The van der Waals surface area contributed by atoms with Crippen LogP contribution in [0.2, 0.25) is 0 Å². The second-order valence-corrected chi connectivity index (χ2v) is 5.61. The number of benzene rings is 1. The summed E-state index contributed by atoms with van der Waals surface area (Å²) >= 11 is 0. The van der Waals surface area contributed by atoms with E-state index >= 15 is 0 Å². The van der Waals surface area contributed by atoms with Crippen molar-refractivity contribution in [1.29, 1.82) is 0 Å². The number of likely N-dealkylation sites (N-methyl/N-ethyl adjacent to an activating group) is 1. The van der Waals surface area contributed by atoms with Gasteiger partial charge in [-0.1, -0.05) is 23.8 Å². The van der Waals surface area contributed by atoms with Crippen LogP contribution in [0.1, 0.15) is 37.2 Å². The molecule has 1 aromatic rings. The third-order valence-electron chi connectivity index (χ3n) is 3.84. The van der Waals surface area contributed by atoms with Crippen LogP contribution >= 0.6 is 12.4 Å². The summed E-state index contributed by atoms with van der Waals surface area (Å²) in [5.41, 5.74) is 3.02. The predicted octanol–water partition coefficient (Wildman–Crippen LogP) is 4.26. The highest BCUT2D eigenvalue weighted by molar-refractivity contribution is 5.85. The van der Waals surface area contributed by atoms with Gasteiger partial charge in [0.25, 0.3) is 0 Å². The van der Waals surface area contributed by atoms with Crippen LogP contribution in [0.3, 0.4) is 0 Å². The van der Waals surface area contributed by atoms with E-state index in [1.165, 1.54) is 31.2 Å². The molecule has 1 aliphatic rings. The van der Waals surface area contributed by atoms with Gasteiger partial charge in [0.1, 0.15) is 5.75 Å². The molecule has 0 saturated carbocycles. The first-order valence-electron chi connectivity index (χ1n) is 7.18. The molecule has 1 aliphatic carbocycles. The molecule has 0 aliphatic heterocycles. The molecular weight excluding hydrogens is 270 g/mol. The number of methoxy groups -OCH3 is 1. The van der Waals surface area contributed by atoms with Crippen molar-refractivity contribution in [3.05, 3.63) is 41.5 Å². The molecule has 2 nitrogen and oxygen atoms in total. The molecule has 1 aromatic carbocycles. The first-order chi connectivity index (χ1) is 9.20. The molecule has 0 aromatic heterocycles. The molecule has 2 rings (SSSR count). The van der Waals surface area contributed by atoms with Crippen LogP contribution in [0.4, 0.5) is 0 Å². The van der Waals surface area contributed by atoms with Gasteiger partial charge in [-0.05, 0) is 57.5 Å². The van der Waals surface area contributed by atoms with E-state index in [1.54, 1.807) is 12.7 Å². The van der Waals surface area contributed by atoms with E-state index in [4.69, 9.17) is 4.74 Å². The Hall–Kier alpha value is -0.990. The van der Waals surface area contributed by atoms with Gasteiger partial charge >= 0.3 is 0 Å². The van der Waals surface area contributed by atoms with Gasteiger partial charge in [-0.15, -0.1) is 12.4 Å². The summed E-state index contributed by atoms with van der Waals surface area (Å²) in [6.07, 6.45) is 7.65. The van der Waals surface area contributed by atoms with Crippen molar-refractivity contribution in [2.45, 2.75) is 31.6 Å². The molecular formula is C17H26ClNO. The Kier molecular flexibility index (Phi) is 7.11. The number of halogens is 1. The molecule has 112 valence electrons. The lowest BCUT2D eigenvalue weighted by atomic mass is 9.84. The minimum atomic E-state index is 0. The highest BCUT2D eigenvalue weighted by Gasteiger charge is 2.19. The van der Waals surface area contributed by atoms with Crippen molar-refractivity contribution in [3.8, 4) is 5.75 Å². The number of allylic oxidation sites excluding steroid dienone is 1. The Morgan fingerprint density at radius 1 is 1.15 bits per heavy atom. The van der Waals surface area contributed by atoms with E-state index in [1.807, 2.05) is 0 Å². The van der Waals surface area contributed by atoms with Crippen molar-refractivity contribution < 1.29 is 4.74 Å². The van der Waals surface area contributed by atoms with Crippen LogP contribution in [0.15, 0.2) is 35.9 Å². The molecule has 0 spiro atoms. The van der Waals surface area contributed by atoms with E-state index < -0.39 is 0 Å². The largest absolute Gasteiger partial charge is 0.497 e. The Morgan fingerprint density at radius 2 is 1.85 bits per heavy atom. The minimum absolute atomic E-state index is 0. The lowest BCUT2D eigenvalue weighted by Gasteiger charge is -2.26. The number of ether oxygens (including phenoxy) is 1. The average molecular weight is 296 g/mol. The summed E-state index contributed by atoms with van der Waals surface area (Å²) in [5, 5.41) is 0. The maximum Gasteiger partial charge on any atom is 0.118 e. The highest BCUT2D eigenvalue weighted by Crippen LogP contribution is 2.32. The van der Waals surface area contributed by atoms with Crippen LogP contribution in [0, 0.1) is 0 Å². The fraction of sp³-hybridized carbons (Fsp3) is 0.529. The minimum Gasteiger partial charge on any atom is -0.497 e. The van der Waals surface area contributed by atoms with E-state index in [0.29, 0.717) is 5.92 Å². The Balaban J connectivity index is 0.00000200. The van der Waals surface area contributed by atoms with Gasteiger partial charge in [0.05, 0.1) is 7.11 Å². The summed E-state index contributed by atoms with van der Waals surface area (Å²) in [5.74, 6) is 1.46. The van der Waals surface area contributed by atoms with Gasteiger partial charge < -0.3 is 9.64 Å². The zero-order valence-electron chi connectivity index (χ0n) is 12.8. The van der Waals surface area contributed by atoms with Crippen molar-refractivity contribution >= 4 is 12.4 Å². The van der Waals surface area contributed by atoms with Crippen molar-refractivity contribution in [1.82, 2.24) is 4.90 Å². The molecule has 1 unspecified atom stereocenters. The van der Waals surface area contributed by atoms with Crippen molar-refractivity contribution in [2.75, 3.05) is 27.7 Å². The predicted molar refractivity (Wildman–Crippen MR) is 88.1 cm³/mol. The third kappa shape index (κ3) is 4.53. The van der Waals surface area contributed by atoms with Crippen molar-refractivity contribution in [2.24, 2.45) is 0 Å². The van der Waals surface area contributed by atoms with Crippen molar-refractivity contribution in [3.63, 3.8) is 0 Å². The quantitative estimate of drug-likeness (QED) is 0.753. The summed E-state index contributed by atoms with van der Waals surface area (Å²) < 4.78 is 5.25. The topological polar surface area (TPSA) is 12.5 Å². The van der Waals surface area contributed by atoms with Crippen LogP contribution in [-0.2, 0) is 0 Å². The SMILES string of the molecule is COc1ccc(C(CN(C)C)C2=CCCCC2)cc1.Cl. The second-order valence-electron chi connectivity index (χ2n) is 5.61. The fourth-order valence-corrected chi connectivity index (χ4v) is 2.82. The van der Waals surface area contributed by atoms with E-state index in [9.17, 15) is 0 Å². The smallest absolute Gasteiger partial charge is 0.118 e. The van der Waals surface area contributed by atoms with Gasteiger partial charge in [-0.25, -0.2) is 0 Å². The number of hydrogen-bond acceptors (Lipinski definition) is 2. The molecule has 0 bridgehead atoms. The molecule has 0 fully saturated rings. The monoisotopic (exact) mass is 295 g/mol. The first-order valence-corrected chi connectivity index (χ1v) is 7.18. The molecule has 1 atom stereocenters. The van der Waals surface area contributed by atoms with Crippen LogP contribution < -0.4 is 4.74 Å². The molecule has 0 amide bonds. The summed E-state index contributed by atoms with van der Waals surface area (Å²) in [6.45, 7) is 1.08. The molecule has 0 radical (unpaired) electrons. The van der Waals surface area contributed by atoms with Gasteiger partial charge in [-0.3, -0.25) is 0 Å². The van der Waals surface area contributed by atoms with Gasteiger partial charge in [0.2, 0.25) is 0 Å². The lowest BCUT2D eigenvalue weighted by Crippen LogP contribution is -2.22. The van der Waals surface area contributed by atoms with E-state index in [2.05, 4.69) is 49.3 Å². The molecule has 0 N–H and O–H groups in total. The summed E-state index contributed by atoms with van der Waals surface area (Å²) in [4.78, 5) is 2.28. The normalized spacial score (nSPS) is 16.3. The second kappa shape index (κ2) is 8.33. The maximum absolute atomic E-state index is 5.25. The Labute approximate surface area is 129 Å². The summed E-state index contributed by atoms with van der Waals surface area (Å²) in [7, 11) is 6.02. The van der Waals surface area contributed by atoms with Crippen LogP contribution in [0.5, 0.6) is 5.75 Å². The van der Waals surface area contributed by atoms with Gasteiger partial charge in [0, 0.05) is 12.5 Å². The Bertz CT molecular complexity index is 425. The molecule has 20 heavy (non-hydrogen) atoms. The van der Waals surface area contributed by atoms with Crippen LogP contribution in [-0.4, -0.2) is 32.6 Å². The Morgan fingerprint density at radius 3 is 2.35 bits per heavy atom. The number of rotatable bonds is 5. The molecule has 0 saturated heterocycles. The molecule has 3 heteroatoms. The zero-order chi connectivity index (χ0) is 13.7. The number of nitrogens with zero attached hydrogens (tertiary/aromatic N) is 1. The van der Waals surface area contributed by atoms with Gasteiger partial charge in [-0.2, -0.15) is 0 Å². The van der Waals surface area contributed by atoms with Gasteiger partial charge in [0.15, 0.2) is 0 Å². The maximum atomic E-state index is 5.25. The first kappa shape index (κ1) is 17.1. The zero-order valence-corrected chi connectivity index (χ0v) is 13.6.